The first-order valence-electron chi connectivity index (χ1n) is 3.39. The van der Waals surface area contributed by atoms with Crippen LogP contribution in [0, 0.1) is 0 Å². The van der Waals surface area contributed by atoms with Crippen LogP contribution in [0.15, 0.2) is 30.3 Å². The van der Waals surface area contributed by atoms with E-state index in [1.54, 1.807) is 30.4 Å². The zero-order valence-electron chi connectivity index (χ0n) is 6.07. The van der Waals surface area contributed by atoms with E-state index in [-0.39, 0.29) is 12.4 Å². The van der Waals surface area contributed by atoms with Crippen LogP contribution in [0.3, 0.4) is 0 Å². The van der Waals surface area contributed by atoms with Gasteiger partial charge in [-0.2, -0.15) is 0 Å². The van der Waals surface area contributed by atoms with Gasteiger partial charge in [-0.1, -0.05) is 24.3 Å². The van der Waals surface area contributed by atoms with Crippen LogP contribution in [0.4, 0.5) is 0 Å². The smallest absolute Gasteiger partial charge is 0.116 e. The number of hydrogen-bond donors (Lipinski definition) is 2. The minimum atomic E-state index is 0.0235. The Balaban J connectivity index is 2.79. The lowest BCUT2D eigenvalue weighted by Crippen LogP contribution is -1.73. The van der Waals surface area contributed by atoms with Crippen LogP contribution in [0.5, 0.6) is 5.75 Å². The SMILES string of the molecule is OCC=Cc1cccc(O)c1. The molecule has 0 bridgehead atoms. The Kier molecular flexibility index (Phi) is 2.69. The van der Waals surface area contributed by atoms with Gasteiger partial charge in [-0.15, -0.1) is 0 Å². The van der Waals surface area contributed by atoms with Gasteiger partial charge in [0.2, 0.25) is 0 Å². The van der Waals surface area contributed by atoms with E-state index in [9.17, 15) is 0 Å². The van der Waals surface area contributed by atoms with Gasteiger partial charge in [-0.3, -0.25) is 0 Å². The standard InChI is InChI=1S/C9H10O2/c10-6-2-4-8-3-1-5-9(11)7-8/h1-5,7,10-11H,6H2. The summed E-state index contributed by atoms with van der Waals surface area (Å²) in [6.45, 7) is 0.0235. The molecule has 58 valence electrons. The minimum absolute atomic E-state index is 0.0235. The third-order valence-corrected chi connectivity index (χ3v) is 1.29. The van der Waals surface area contributed by atoms with E-state index < -0.39 is 0 Å². The molecule has 2 nitrogen and oxygen atoms in total. The Bertz CT molecular complexity index is 253. The van der Waals surface area contributed by atoms with Gasteiger partial charge >= 0.3 is 0 Å². The van der Waals surface area contributed by atoms with Crippen molar-refractivity contribution in [2.75, 3.05) is 6.61 Å². The van der Waals surface area contributed by atoms with Crippen molar-refractivity contribution < 1.29 is 10.2 Å². The highest BCUT2D eigenvalue weighted by molar-refractivity contribution is 5.51. The summed E-state index contributed by atoms with van der Waals surface area (Å²) in [5, 5.41) is 17.5. The monoisotopic (exact) mass is 150 g/mol. The molecule has 0 aliphatic carbocycles. The summed E-state index contributed by atoms with van der Waals surface area (Å²) >= 11 is 0. The maximum absolute atomic E-state index is 9.02. The van der Waals surface area contributed by atoms with Crippen molar-refractivity contribution >= 4 is 6.08 Å². The number of aliphatic hydroxyl groups is 1. The van der Waals surface area contributed by atoms with Crippen molar-refractivity contribution in [3.8, 4) is 5.75 Å². The quantitative estimate of drug-likeness (QED) is 0.669. The number of hydrogen-bond acceptors (Lipinski definition) is 2. The predicted molar refractivity (Wildman–Crippen MR) is 44.2 cm³/mol. The average molecular weight is 150 g/mol. The lowest BCUT2D eigenvalue weighted by atomic mass is 10.2. The van der Waals surface area contributed by atoms with Crippen molar-refractivity contribution in [2.45, 2.75) is 0 Å². The molecule has 0 amide bonds. The van der Waals surface area contributed by atoms with Gasteiger partial charge in [0.25, 0.3) is 0 Å². The van der Waals surface area contributed by atoms with E-state index in [4.69, 9.17) is 10.2 Å². The molecule has 11 heavy (non-hydrogen) atoms. The van der Waals surface area contributed by atoms with E-state index >= 15 is 0 Å². The molecule has 0 saturated heterocycles. The molecular formula is C9H10O2. The van der Waals surface area contributed by atoms with Crippen molar-refractivity contribution in [3.05, 3.63) is 35.9 Å². The number of benzene rings is 1. The largest absolute Gasteiger partial charge is 0.508 e. The lowest BCUT2D eigenvalue weighted by Gasteiger charge is -1.93. The highest BCUT2D eigenvalue weighted by Gasteiger charge is 1.87. The lowest BCUT2D eigenvalue weighted by molar-refractivity contribution is 0.343. The summed E-state index contributed by atoms with van der Waals surface area (Å²) in [7, 11) is 0. The number of rotatable bonds is 2. The summed E-state index contributed by atoms with van der Waals surface area (Å²) in [5.74, 6) is 0.241. The number of phenolic OH excluding ortho intramolecular Hbond substituents is 1. The molecule has 0 aliphatic heterocycles. The molecule has 0 spiro atoms. The molecule has 1 aromatic carbocycles. The summed E-state index contributed by atoms with van der Waals surface area (Å²) in [6, 6.07) is 6.85. The van der Waals surface area contributed by atoms with E-state index in [0.717, 1.165) is 5.56 Å². The number of aliphatic hydroxyl groups excluding tert-OH is 1. The fraction of sp³-hybridized carbons (Fsp3) is 0.111. The summed E-state index contributed by atoms with van der Waals surface area (Å²) in [4.78, 5) is 0. The molecule has 0 heterocycles. The zero-order chi connectivity index (χ0) is 8.10. The van der Waals surface area contributed by atoms with Crippen LogP contribution >= 0.6 is 0 Å². The Morgan fingerprint density at radius 1 is 1.36 bits per heavy atom. The Hall–Kier alpha value is -1.28. The van der Waals surface area contributed by atoms with Gasteiger partial charge < -0.3 is 10.2 Å². The first-order valence-corrected chi connectivity index (χ1v) is 3.39. The molecule has 0 fully saturated rings. The third-order valence-electron chi connectivity index (χ3n) is 1.29. The third kappa shape index (κ3) is 2.43. The second-order valence-corrected chi connectivity index (χ2v) is 2.18. The van der Waals surface area contributed by atoms with Crippen LogP contribution in [0.25, 0.3) is 6.08 Å². The average Bonchev–Trinajstić information content (AvgIpc) is 2.01. The number of phenols is 1. The van der Waals surface area contributed by atoms with Crippen molar-refractivity contribution in [1.29, 1.82) is 0 Å². The molecule has 0 atom stereocenters. The molecule has 2 N–H and O–H groups in total. The summed E-state index contributed by atoms with van der Waals surface area (Å²) in [6.07, 6.45) is 3.37. The van der Waals surface area contributed by atoms with Crippen molar-refractivity contribution in [2.24, 2.45) is 0 Å². The fourth-order valence-corrected chi connectivity index (χ4v) is 0.817. The van der Waals surface area contributed by atoms with Gasteiger partial charge in [0, 0.05) is 0 Å². The second-order valence-electron chi connectivity index (χ2n) is 2.18. The Labute approximate surface area is 65.4 Å². The fourth-order valence-electron chi connectivity index (χ4n) is 0.817. The molecule has 0 unspecified atom stereocenters. The topological polar surface area (TPSA) is 40.5 Å². The highest BCUT2D eigenvalue weighted by atomic mass is 16.3. The summed E-state index contributed by atoms with van der Waals surface area (Å²) < 4.78 is 0. The second kappa shape index (κ2) is 3.78. The Morgan fingerprint density at radius 2 is 2.18 bits per heavy atom. The van der Waals surface area contributed by atoms with E-state index in [1.807, 2.05) is 6.07 Å². The highest BCUT2D eigenvalue weighted by Crippen LogP contribution is 2.11. The predicted octanol–water partition coefficient (Wildman–Crippen LogP) is 1.40. The molecule has 0 aromatic heterocycles. The number of aromatic hydroxyl groups is 1. The van der Waals surface area contributed by atoms with Crippen LogP contribution in [0.2, 0.25) is 0 Å². The van der Waals surface area contributed by atoms with Crippen LogP contribution in [0.1, 0.15) is 5.56 Å². The molecule has 0 radical (unpaired) electrons. The molecular weight excluding hydrogens is 140 g/mol. The van der Waals surface area contributed by atoms with E-state index in [0.29, 0.717) is 0 Å². The van der Waals surface area contributed by atoms with Crippen LogP contribution < -0.4 is 0 Å². The van der Waals surface area contributed by atoms with Crippen molar-refractivity contribution in [3.63, 3.8) is 0 Å². The normalized spacial score (nSPS) is 10.6. The zero-order valence-corrected chi connectivity index (χ0v) is 6.07. The van der Waals surface area contributed by atoms with Crippen LogP contribution in [-0.2, 0) is 0 Å². The van der Waals surface area contributed by atoms with E-state index in [1.165, 1.54) is 0 Å². The molecule has 0 saturated carbocycles. The maximum atomic E-state index is 9.02. The molecule has 0 aliphatic rings. The van der Waals surface area contributed by atoms with Crippen molar-refractivity contribution in [1.82, 2.24) is 0 Å². The minimum Gasteiger partial charge on any atom is -0.508 e. The van der Waals surface area contributed by atoms with Gasteiger partial charge in [0.1, 0.15) is 5.75 Å². The summed E-state index contributed by atoms with van der Waals surface area (Å²) in [5.41, 5.74) is 0.888. The molecule has 2 heteroatoms. The van der Waals surface area contributed by atoms with Gasteiger partial charge in [0.15, 0.2) is 0 Å². The maximum Gasteiger partial charge on any atom is 0.116 e. The molecule has 1 rings (SSSR count). The molecule has 1 aromatic rings. The van der Waals surface area contributed by atoms with Crippen LogP contribution in [-0.4, -0.2) is 16.8 Å². The first kappa shape index (κ1) is 7.82. The van der Waals surface area contributed by atoms with Gasteiger partial charge in [-0.05, 0) is 17.7 Å². The van der Waals surface area contributed by atoms with Gasteiger partial charge in [-0.25, -0.2) is 0 Å². The van der Waals surface area contributed by atoms with Gasteiger partial charge in [0.05, 0.1) is 6.61 Å². The van der Waals surface area contributed by atoms with E-state index in [2.05, 4.69) is 0 Å². The first-order chi connectivity index (χ1) is 5.33. The Morgan fingerprint density at radius 3 is 2.82 bits per heavy atom.